The molecule has 0 aliphatic heterocycles. The Balaban J connectivity index is 2.37. The molecule has 5 heteroatoms. The van der Waals surface area contributed by atoms with Gasteiger partial charge in [-0.05, 0) is 25.1 Å². The summed E-state index contributed by atoms with van der Waals surface area (Å²) in [5.41, 5.74) is 1.42. The molecule has 0 fully saturated rings. The molecule has 2 heterocycles. The van der Waals surface area contributed by atoms with Crippen molar-refractivity contribution in [2.24, 2.45) is 0 Å². The number of carbonyl (C=O) groups is 1. The molecule has 0 bridgehead atoms. The predicted molar refractivity (Wildman–Crippen MR) is 56.6 cm³/mol. The molecule has 2 rings (SSSR count). The van der Waals surface area contributed by atoms with Gasteiger partial charge in [0.15, 0.2) is 5.65 Å². The van der Waals surface area contributed by atoms with E-state index in [0.29, 0.717) is 11.5 Å². The third-order valence-corrected chi connectivity index (χ3v) is 1.89. The number of hydrogen-bond donors (Lipinski definition) is 1. The minimum Gasteiger partial charge on any atom is -0.321 e. The number of rotatable bonds is 2. The van der Waals surface area contributed by atoms with Crippen LogP contribution in [0.5, 0.6) is 0 Å². The molecule has 76 valence electrons. The number of carbonyl (C=O) groups excluding carboxylic acids is 1. The number of nitrogens with zero attached hydrogens (tertiary/aromatic N) is 3. The predicted octanol–water partition coefficient (Wildman–Crippen LogP) is 1.16. The Hall–Kier alpha value is -2.17. The van der Waals surface area contributed by atoms with Crippen molar-refractivity contribution in [3.05, 3.63) is 36.8 Å². The molecule has 5 nitrogen and oxygen atoms in total. The lowest BCUT2D eigenvalue weighted by molar-refractivity contribution is -0.111. The molecule has 0 aliphatic rings. The highest BCUT2D eigenvalue weighted by Crippen LogP contribution is 2.09. The Morgan fingerprint density at radius 3 is 3.13 bits per heavy atom. The van der Waals surface area contributed by atoms with Crippen LogP contribution in [0, 0.1) is 6.92 Å². The van der Waals surface area contributed by atoms with Gasteiger partial charge in [-0.3, -0.25) is 4.79 Å². The summed E-state index contributed by atoms with van der Waals surface area (Å²) in [5.74, 6) is 0.452. The number of fused-ring (bicyclic) bond motifs is 1. The summed E-state index contributed by atoms with van der Waals surface area (Å²) in [6.07, 6.45) is 2.92. The van der Waals surface area contributed by atoms with Crippen molar-refractivity contribution in [3.8, 4) is 0 Å². The van der Waals surface area contributed by atoms with Gasteiger partial charge in [0.25, 0.3) is 0 Å². The van der Waals surface area contributed by atoms with E-state index in [1.807, 2.05) is 6.92 Å². The van der Waals surface area contributed by atoms with E-state index in [1.165, 1.54) is 6.08 Å². The van der Waals surface area contributed by atoms with Gasteiger partial charge in [-0.1, -0.05) is 6.58 Å². The van der Waals surface area contributed by atoms with Crippen LogP contribution in [0.1, 0.15) is 5.82 Å². The summed E-state index contributed by atoms with van der Waals surface area (Å²) in [7, 11) is 0. The fourth-order valence-corrected chi connectivity index (χ4v) is 1.26. The zero-order valence-electron chi connectivity index (χ0n) is 8.27. The van der Waals surface area contributed by atoms with Crippen molar-refractivity contribution in [2.45, 2.75) is 6.92 Å². The highest BCUT2D eigenvalue weighted by atomic mass is 16.1. The minimum absolute atomic E-state index is 0.244. The zero-order chi connectivity index (χ0) is 10.8. The molecule has 0 radical (unpaired) electrons. The van der Waals surface area contributed by atoms with Gasteiger partial charge in [-0.15, -0.1) is 0 Å². The van der Waals surface area contributed by atoms with Crippen LogP contribution in [-0.2, 0) is 4.79 Å². The Morgan fingerprint density at radius 2 is 2.40 bits per heavy atom. The summed E-state index contributed by atoms with van der Waals surface area (Å²) in [4.78, 5) is 15.2. The smallest absolute Gasteiger partial charge is 0.247 e. The monoisotopic (exact) mass is 202 g/mol. The second-order valence-corrected chi connectivity index (χ2v) is 3.07. The molecule has 15 heavy (non-hydrogen) atoms. The first-order valence-corrected chi connectivity index (χ1v) is 4.45. The van der Waals surface area contributed by atoms with Gasteiger partial charge in [0, 0.05) is 0 Å². The minimum atomic E-state index is -0.244. The molecule has 0 saturated carbocycles. The van der Waals surface area contributed by atoms with Crippen molar-refractivity contribution < 1.29 is 4.79 Å². The molecule has 0 saturated heterocycles. The van der Waals surface area contributed by atoms with Gasteiger partial charge in [-0.25, -0.2) is 9.50 Å². The third kappa shape index (κ3) is 1.85. The van der Waals surface area contributed by atoms with E-state index in [-0.39, 0.29) is 5.91 Å². The number of pyridine rings is 1. The lowest BCUT2D eigenvalue weighted by Crippen LogP contribution is -2.07. The normalized spacial score (nSPS) is 10.2. The summed E-state index contributed by atoms with van der Waals surface area (Å²) in [6, 6.07) is 3.56. The van der Waals surface area contributed by atoms with E-state index < -0.39 is 0 Å². The summed E-state index contributed by atoms with van der Waals surface area (Å²) >= 11 is 0. The van der Waals surface area contributed by atoms with Crippen molar-refractivity contribution >= 4 is 17.2 Å². The number of aryl methyl sites for hydroxylation is 1. The van der Waals surface area contributed by atoms with Crippen LogP contribution in [0.3, 0.4) is 0 Å². The fourth-order valence-electron chi connectivity index (χ4n) is 1.26. The van der Waals surface area contributed by atoms with Gasteiger partial charge < -0.3 is 5.32 Å². The van der Waals surface area contributed by atoms with E-state index in [4.69, 9.17) is 0 Å². The van der Waals surface area contributed by atoms with Crippen LogP contribution < -0.4 is 5.32 Å². The Labute approximate surface area is 86.4 Å². The zero-order valence-corrected chi connectivity index (χ0v) is 8.27. The van der Waals surface area contributed by atoms with Crippen LogP contribution in [0.2, 0.25) is 0 Å². The average molecular weight is 202 g/mol. The number of anilines is 1. The first-order valence-electron chi connectivity index (χ1n) is 4.45. The largest absolute Gasteiger partial charge is 0.321 e. The van der Waals surface area contributed by atoms with Crippen molar-refractivity contribution in [2.75, 3.05) is 5.32 Å². The Kier molecular flexibility index (Phi) is 2.21. The van der Waals surface area contributed by atoms with Gasteiger partial charge >= 0.3 is 0 Å². The van der Waals surface area contributed by atoms with E-state index in [9.17, 15) is 4.79 Å². The van der Waals surface area contributed by atoms with Crippen molar-refractivity contribution in [1.82, 2.24) is 14.6 Å². The molecule has 2 aromatic rings. The van der Waals surface area contributed by atoms with Gasteiger partial charge in [0.2, 0.25) is 5.91 Å². The second-order valence-electron chi connectivity index (χ2n) is 3.07. The number of aromatic nitrogens is 3. The lowest BCUT2D eigenvalue weighted by Gasteiger charge is -2.01. The fraction of sp³-hybridized carbons (Fsp3) is 0.100. The maximum Gasteiger partial charge on any atom is 0.247 e. The van der Waals surface area contributed by atoms with E-state index in [2.05, 4.69) is 22.0 Å². The Morgan fingerprint density at radius 1 is 1.60 bits per heavy atom. The van der Waals surface area contributed by atoms with E-state index in [0.717, 1.165) is 5.65 Å². The maximum atomic E-state index is 11.0. The molecule has 0 aliphatic carbocycles. The lowest BCUT2D eigenvalue weighted by atomic mass is 10.4. The van der Waals surface area contributed by atoms with Gasteiger partial charge in [0.05, 0.1) is 11.9 Å². The standard InChI is InChI=1S/C10H10N4O/c1-3-10(15)12-8-4-5-9-11-7(2)13-14(9)6-8/h3-6H,1H2,2H3,(H,12,15). The first-order chi connectivity index (χ1) is 7.19. The van der Waals surface area contributed by atoms with Crippen LogP contribution in [0.4, 0.5) is 5.69 Å². The molecular formula is C10H10N4O. The molecule has 0 spiro atoms. The van der Waals surface area contributed by atoms with Crippen LogP contribution in [-0.4, -0.2) is 20.5 Å². The van der Waals surface area contributed by atoms with E-state index in [1.54, 1.807) is 22.8 Å². The molecule has 1 N–H and O–H groups in total. The van der Waals surface area contributed by atoms with Crippen LogP contribution >= 0.6 is 0 Å². The molecule has 0 unspecified atom stereocenters. The Bertz CT molecular complexity index is 529. The summed E-state index contributed by atoms with van der Waals surface area (Å²) < 4.78 is 1.62. The molecule has 0 atom stereocenters. The second kappa shape index (κ2) is 3.53. The maximum absolute atomic E-state index is 11.0. The van der Waals surface area contributed by atoms with Gasteiger partial charge in [-0.2, -0.15) is 5.10 Å². The topological polar surface area (TPSA) is 59.3 Å². The number of nitrogens with one attached hydrogen (secondary N) is 1. The number of amides is 1. The van der Waals surface area contributed by atoms with Crippen molar-refractivity contribution in [1.29, 1.82) is 0 Å². The highest BCUT2D eigenvalue weighted by molar-refractivity contribution is 5.98. The summed E-state index contributed by atoms with van der Waals surface area (Å²) in [6.45, 7) is 5.19. The highest BCUT2D eigenvalue weighted by Gasteiger charge is 2.01. The number of hydrogen-bond acceptors (Lipinski definition) is 3. The van der Waals surface area contributed by atoms with Gasteiger partial charge in [0.1, 0.15) is 5.82 Å². The van der Waals surface area contributed by atoms with Crippen LogP contribution in [0.15, 0.2) is 31.0 Å². The first kappa shape index (κ1) is 9.39. The van der Waals surface area contributed by atoms with E-state index >= 15 is 0 Å². The SMILES string of the molecule is C=CC(=O)Nc1ccc2nc(C)nn2c1. The molecule has 1 amide bonds. The molecular weight excluding hydrogens is 192 g/mol. The van der Waals surface area contributed by atoms with Crippen molar-refractivity contribution in [3.63, 3.8) is 0 Å². The molecule has 0 aromatic carbocycles. The molecule has 2 aromatic heterocycles. The van der Waals surface area contributed by atoms with Crippen LogP contribution in [0.25, 0.3) is 5.65 Å². The quantitative estimate of drug-likeness (QED) is 0.743. The summed E-state index contributed by atoms with van der Waals surface area (Å²) in [5, 5.41) is 6.78. The average Bonchev–Trinajstić information content (AvgIpc) is 2.57. The third-order valence-electron chi connectivity index (χ3n) is 1.89.